The van der Waals surface area contributed by atoms with Crippen molar-refractivity contribution in [3.05, 3.63) is 35.4 Å². The maximum absolute atomic E-state index is 12.4. The number of methoxy groups -OCH3 is 1. The minimum absolute atomic E-state index is 0.243. The van der Waals surface area contributed by atoms with Gasteiger partial charge in [-0.1, -0.05) is 12.1 Å². The summed E-state index contributed by atoms with van der Waals surface area (Å²) in [6, 6.07) is 4.16. The quantitative estimate of drug-likeness (QED) is 0.851. The molecule has 0 aliphatic rings. The van der Waals surface area contributed by atoms with Crippen LogP contribution in [0.1, 0.15) is 17.0 Å². The normalized spacial score (nSPS) is 15.4. The molecular formula is C12H16F3NO2. The highest BCUT2D eigenvalue weighted by Crippen LogP contribution is 2.30. The summed E-state index contributed by atoms with van der Waals surface area (Å²) in [5, 5.41) is 9.02. The van der Waals surface area contributed by atoms with Crippen LogP contribution < -0.4 is 5.73 Å². The molecule has 0 saturated carbocycles. The van der Waals surface area contributed by atoms with Crippen LogP contribution in [0.5, 0.6) is 0 Å². The molecule has 6 heteroatoms. The zero-order valence-corrected chi connectivity index (χ0v) is 9.95. The number of halogens is 3. The molecule has 0 fully saturated rings. The lowest BCUT2D eigenvalue weighted by atomic mass is 9.92. The maximum Gasteiger partial charge on any atom is 0.416 e. The van der Waals surface area contributed by atoms with Gasteiger partial charge in [-0.2, -0.15) is 13.2 Å². The average molecular weight is 263 g/mol. The Balaban J connectivity index is 2.93. The van der Waals surface area contributed by atoms with Gasteiger partial charge in [0.05, 0.1) is 18.8 Å². The number of ether oxygens (including phenoxy) is 1. The lowest BCUT2D eigenvalue weighted by Crippen LogP contribution is -2.34. The van der Waals surface area contributed by atoms with Crippen LogP contribution in [-0.2, 0) is 10.9 Å². The van der Waals surface area contributed by atoms with Gasteiger partial charge in [-0.15, -0.1) is 0 Å². The molecule has 0 radical (unpaired) electrons. The van der Waals surface area contributed by atoms with E-state index in [1.54, 1.807) is 0 Å². The zero-order chi connectivity index (χ0) is 13.8. The van der Waals surface area contributed by atoms with Gasteiger partial charge in [-0.25, -0.2) is 0 Å². The standard InChI is InChI=1S/C12H16F3NO2/c1-18-7-10(11(16)6-17)8-2-4-9(5-3-8)12(13,14)15/h2-5,10-11,17H,6-7,16H2,1H3. The molecule has 0 aliphatic carbocycles. The summed E-state index contributed by atoms with van der Waals surface area (Å²) in [5.41, 5.74) is 5.62. The Morgan fingerprint density at radius 2 is 1.83 bits per heavy atom. The van der Waals surface area contributed by atoms with Gasteiger partial charge in [0.1, 0.15) is 0 Å². The van der Waals surface area contributed by atoms with Crippen molar-refractivity contribution in [2.75, 3.05) is 20.3 Å². The number of rotatable bonds is 5. The molecule has 0 saturated heterocycles. The van der Waals surface area contributed by atoms with Gasteiger partial charge in [0.25, 0.3) is 0 Å². The van der Waals surface area contributed by atoms with E-state index in [1.165, 1.54) is 19.2 Å². The topological polar surface area (TPSA) is 55.5 Å². The van der Waals surface area contributed by atoms with Crippen molar-refractivity contribution in [2.45, 2.75) is 18.1 Å². The predicted molar refractivity (Wildman–Crippen MR) is 61.1 cm³/mol. The number of nitrogens with two attached hydrogens (primary N) is 1. The van der Waals surface area contributed by atoms with Crippen molar-refractivity contribution in [1.29, 1.82) is 0 Å². The Hall–Kier alpha value is -1.11. The fourth-order valence-electron chi connectivity index (χ4n) is 1.69. The molecular weight excluding hydrogens is 247 g/mol. The van der Waals surface area contributed by atoms with Gasteiger partial charge in [0, 0.05) is 19.1 Å². The molecule has 0 aromatic heterocycles. The third-order valence-electron chi connectivity index (χ3n) is 2.74. The summed E-state index contributed by atoms with van der Waals surface area (Å²) in [4.78, 5) is 0. The third-order valence-corrected chi connectivity index (χ3v) is 2.74. The molecule has 18 heavy (non-hydrogen) atoms. The molecule has 0 aliphatic heterocycles. The van der Waals surface area contributed by atoms with Gasteiger partial charge in [0.2, 0.25) is 0 Å². The van der Waals surface area contributed by atoms with Crippen LogP contribution in [0.2, 0.25) is 0 Å². The molecule has 3 nitrogen and oxygen atoms in total. The van der Waals surface area contributed by atoms with Gasteiger partial charge in [0.15, 0.2) is 0 Å². The number of alkyl halides is 3. The first-order valence-electron chi connectivity index (χ1n) is 5.42. The van der Waals surface area contributed by atoms with Crippen molar-refractivity contribution in [3.63, 3.8) is 0 Å². The average Bonchev–Trinajstić information content (AvgIpc) is 2.34. The lowest BCUT2D eigenvalue weighted by Gasteiger charge is -2.22. The highest BCUT2D eigenvalue weighted by molar-refractivity contribution is 5.28. The summed E-state index contributed by atoms with van der Waals surface area (Å²) < 4.78 is 42.2. The van der Waals surface area contributed by atoms with E-state index in [0.29, 0.717) is 5.56 Å². The van der Waals surface area contributed by atoms with E-state index in [1.807, 2.05) is 0 Å². The molecule has 2 unspecified atom stereocenters. The van der Waals surface area contributed by atoms with Crippen LogP contribution in [0.15, 0.2) is 24.3 Å². The molecule has 102 valence electrons. The van der Waals surface area contributed by atoms with Crippen LogP contribution in [-0.4, -0.2) is 31.5 Å². The minimum Gasteiger partial charge on any atom is -0.395 e. The van der Waals surface area contributed by atoms with Crippen LogP contribution in [0.4, 0.5) is 13.2 Å². The fourth-order valence-corrected chi connectivity index (χ4v) is 1.69. The summed E-state index contributed by atoms with van der Waals surface area (Å²) in [7, 11) is 1.47. The molecule has 2 atom stereocenters. The van der Waals surface area contributed by atoms with Crippen LogP contribution in [0.3, 0.4) is 0 Å². The van der Waals surface area contributed by atoms with Crippen LogP contribution in [0, 0.1) is 0 Å². The van der Waals surface area contributed by atoms with Gasteiger partial charge in [-0.3, -0.25) is 0 Å². The van der Waals surface area contributed by atoms with Gasteiger partial charge in [-0.05, 0) is 17.7 Å². The molecule has 0 bridgehead atoms. The molecule has 1 aromatic carbocycles. The smallest absolute Gasteiger partial charge is 0.395 e. The monoisotopic (exact) mass is 263 g/mol. The zero-order valence-electron chi connectivity index (χ0n) is 9.95. The van der Waals surface area contributed by atoms with Crippen molar-refractivity contribution >= 4 is 0 Å². The van der Waals surface area contributed by atoms with E-state index in [9.17, 15) is 13.2 Å². The van der Waals surface area contributed by atoms with Crippen molar-refractivity contribution in [1.82, 2.24) is 0 Å². The fraction of sp³-hybridized carbons (Fsp3) is 0.500. The van der Waals surface area contributed by atoms with E-state index < -0.39 is 17.8 Å². The number of hydrogen-bond donors (Lipinski definition) is 2. The highest BCUT2D eigenvalue weighted by atomic mass is 19.4. The maximum atomic E-state index is 12.4. The second-order valence-electron chi connectivity index (χ2n) is 4.03. The molecule has 0 amide bonds. The number of aliphatic hydroxyl groups is 1. The van der Waals surface area contributed by atoms with E-state index >= 15 is 0 Å². The lowest BCUT2D eigenvalue weighted by molar-refractivity contribution is -0.137. The summed E-state index contributed by atoms with van der Waals surface area (Å²) >= 11 is 0. The first-order chi connectivity index (χ1) is 8.40. The first kappa shape index (κ1) is 14.9. The third kappa shape index (κ3) is 3.69. The Bertz CT molecular complexity index is 365. The molecule has 1 rings (SSSR count). The Labute approximate surface area is 103 Å². The molecule has 1 aromatic rings. The number of aliphatic hydroxyl groups excluding tert-OH is 1. The second-order valence-corrected chi connectivity index (χ2v) is 4.03. The van der Waals surface area contributed by atoms with Crippen LogP contribution >= 0.6 is 0 Å². The largest absolute Gasteiger partial charge is 0.416 e. The van der Waals surface area contributed by atoms with Gasteiger partial charge < -0.3 is 15.6 Å². The van der Waals surface area contributed by atoms with E-state index in [2.05, 4.69) is 0 Å². The summed E-state index contributed by atoms with van der Waals surface area (Å²) in [5.74, 6) is -0.331. The Kier molecular flexibility index (Phi) is 5.13. The van der Waals surface area contributed by atoms with E-state index in [-0.39, 0.29) is 19.1 Å². The molecule has 0 heterocycles. The molecule has 3 N–H and O–H groups in total. The Morgan fingerprint density at radius 1 is 1.28 bits per heavy atom. The summed E-state index contributed by atoms with van der Waals surface area (Å²) in [6.45, 7) is -0.0118. The Morgan fingerprint density at radius 3 is 2.22 bits per heavy atom. The molecule has 0 spiro atoms. The minimum atomic E-state index is -4.35. The first-order valence-corrected chi connectivity index (χ1v) is 5.42. The van der Waals surface area contributed by atoms with Gasteiger partial charge >= 0.3 is 6.18 Å². The van der Waals surface area contributed by atoms with E-state index in [0.717, 1.165) is 12.1 Å². The van der Waals surface area contributed by atoms with Crippen molar-refractivity contribution < 1.29 is 23.0 Å². The number of benzene rings is 1. The van der Waals surface area contributed by atoms with Crippen LogP contribution in [0.25, 0.3) is 0 Å². The number of hydrogen-bond acceptors (Lipinski definition) is 3. The van der Waals surface area contributed by atoms with Crippen molar-refractivity contribution in [2.24, 2.45) is 5.73 Å². The highest BCUT2D eigenvalue weighted by Gasteiger charge is 2.30. The predicted octanol–water partition coefficient (Wildman–Crippen LogP) is 1.75. The van der Waals surface area contributed by atoms with E-state index in [4.69, 9.17) is 15.6 Å². The SMILES string of the molecule is COCC(c1ccc(C(F)(F)F)cc1)C(N)CO. The van der Waals surface area contributed by atoms with Crippen molar-refractivity contribution in [3.8, 4) is 0 Å². The second kappa shape index (κ2) is 6.17. The summed E-state index contributed by atoms with van der Waals surface area (Å²) in [6.07, 6.45) is -4.35.